The van der Waals surface area contributed by atoms with E-state index in [-0.39, 0.29) is 6.04 Å². The zero-order chi connectivity index (χ0) is 28.2. The largest absolute Gasteiger partial charge is 0.490 e. The van der Waals surface area contributed by atoms with E-state index < -0.39 is 12.1 Å². The maximum absolute atomic E-state index is 10.6. The summed E-state index contributed by atoms with van der Waals surface area (Å²) >= 11 is 12.6. The van der Waals surface area contributed by atoms with Gasteiger partial charge in [0.1, 0.15) is 22.7 Å². The van der Waals surface area contributed by atoms with Crippen LogP contribution in [-0.4, -0.2) is 44.9 Å². The van der Waals surface area contributed by atoms with E-state index >= 15 is 0 Å². The van der Waals surface area contributed by atoms with E-state index in [1.807, 2.05) is 48.7 Å². The molecule has 0 saturated carbocycles. The number of aromatic nitrogens is 3. The first kappa shape index (κ1) is 28.2. The molecule has 7 nitrogen and oxygen atoms in total. The molecular weight excluding hydrogens is 556 g/mol. The van der Waals surface area contributed by atoms with Gasteiger partial charge in [0.15, 0.2) is 0 Å². The first-order valence-electron chi connectivity index (χ1n) is 11.5. The van der Waals surface area contributed by atoms with Crippen LogP contribution in [0.2, 0.25) is 10.3 Å². The Morgan fingerprint density at radius 2 is 1.79 bits per heavy atom. The minimum atomic E-state index is -5.08. The van der Waals surface area contributed by atoms with Crippen molar-refractivity contribution in [2.75, 3.05) is 6.61 Å². The Morgan fingerprint density at radius 1 is 1.05 bits per heavy atom. The number of benzene rings is 2. The monoisotopic (exact) mass is 576 g/mol. The Bertz CT molecular complexity index is 1630. The van der Waals surface area contributed by atoms with Gasteiger partial charge in [-0.1, -0.05) is 53.5 Å². The number of pyridine rings is 2. The molecule has 4 N–H and O–H groups in total. The fourth-order valence-electron chi connectivity index (χ4n) is 3.86. The van der Waals surface area contributed by atoms with Crippen LogP contribution in [0.25, 0.3) is 32.8 Å². The quantitative estimate of drug-likeness (QED) is 0.194. The molecule has 0 bridgehead atoms. The minimum absolute atomic E-state index is 0.163. The number of fused-ring (bicyclic) bond motifs is 2. The minimum Gasteiger partial charge on any atom is -0.490 e. The van der Waals surface area contributed by atoms with Gasteiger partial charge in [0.05, 0.1) is 6.20 Å². The normalized spacial score (nSPS) is 12.2. The van der Waals surface area contributed by atoms with Gasteiger partial charge < -0.3 is 20.6 Å². The maximum Gasteiger partial charge on any atom is 0.490 e. The Kier molecular flexibility index (Phi) is 8.59. The molecule has 12 heteroatoms. The van der Waals surface area contributed by atoms with Crippen LogP contribution in [0.5, 0.6) is 5.75 Å². The van der Waals surface area contributed by atoms with Gasteiger partial charge in [-0.25, -0.2) is 14.8 Å². The third kappa shape index (κ3) is 6.97. The van der Waals surface area contributed by atoms with E-state index in [1.165, 1.54) is 10.9 Å². The van der Waals surface area contributed by atoms with Crippen molar-refractivity contribution in [2.24, 2.45) is 5.73 Å². The molecule has 5 aromatic rings. The Hall–Kier alpha value is -3.86. The number of aliphatic carboxylic acids is 1. The van der Waals surface area contributed by atoms with Gasteiger partial charge in [-0.3, -0.25) is 0 Å². The molecule has 202 valence electrons. The van der Waals surface area contributed by atoms with E-state index in [4.69, 9.17) is 43.6 Å². The highest BCUT2D eigenvalue weighted by Gasteiger charge is 2.38. The predicted octanol–water partition coefficient (Wildman–Crippen LogP) is 6.67. The van der Waals surface area contributed by atoms with Crippen LogP contribution < -0.4 is 10.5 Å². The molecule has 1 atom stereocenters. The summed E-state index contributed by atoms with van der Waals surface area (Å²) in [6, 6.07) is 17.7. The average molecular weight is 577 g/mol. The Morgan fingerprint density at radius 3 is 2.54 bits per heavy atom. The topological polar surface area (TPSA) is 114 Å². The maximum atomic E-state index is 10.6. The molecular formula is C27H21Cl2F3N4O3. The second kappa shape index (κ2) is 11.9. The number of alkyl halides is 3. The van der Waals surface area contributed by atoms with Crippen LogP contribution in [0.4, 0.5) is 13.2 Å². The predicted molar refractivity (Wildman–Crippen MR) is 144 cm³/mol. The summed E-state index contributed by atoms with van der Waals surface area (Å²) < 4.78 is 37.7. The number of rotatable bonds is 6. The van der Waals surface area contributed by atoms with Crippen LogP contribution in [-0.2, 0) is 11.2 Å². The highest BCUT2D eigenvalue weighted by atomic mass is 35.5. The zero-order valence-electron chi connectivity index (χ0n) is 20.0. The van der Waals surface area contributed by atoms with E-state index in [2.05, 4.69) is 27.1 Å². The highest BCUT2D eigenvalue weighted by molar-refractivity contribution is 6.34. The summed E-state index contributed by atoms with van der Waals surface area (Å²) in [6.07, 6.45) is 0.931. The van der Waals surface area contributed by atoms with Gasteiger partial charge in [0.25, 0.3) is 0 Å². The van der Waals surface area contributed by atoms with Crippen LogP contribution >= 0.6 is 23.2 Å². The van der Waals surface area contributed by atoms with Gasteiger partial charge in [0, 0.05) is 40.3 Å². The number of carboxylic acid groups (broad SMARTS) is 1. The molecule has 0 unspecified atom stereocenters. The van der Waals surface area contributed by atoms with E-state index in [0.717, 1.165) is 27.4 Å². The fourth-order valence-corrected chi connectivity index (χ4v) is 4.30. The molecule has 0 radical (unpaired) electrons. The van der Waals surface area contributed by atoms with Gasteiger partial charge in [-0.15, -0.1) is 0 Å². The SMILES string of the molecule is N[C@H](COc1cnc(Cl)c(-c2ccc3c(Cl)nccc3c2)c1)Cc1c[nH]c2ccccc12.O=C(O)C(F)(F)F. The molecule has 0 amide bonds. The first-order valence-corrected chi connectivity index (χ1v) is 12.2. The molecule has 0 saturated heterocycles. The van der Waals surface area contributed by atoms with Gasteiger partial charge in [-0.05, 0) is 47.2 Å². The number of carbonyl (C=O) groups is 1. The molecule has 0 fully saturated rings. The number of ether oxygens (including phenoxy) is 1. The lowest BCUT2D eigenvalue weighted by Gasteiger charge is -2.14. The van der Waals surface area contributed by atoms with Crippen molar-refractivity contribution >= 4 is 50.8 Å². The second-order valence-electron chi connectivity index (χ2n) is 8.48. The van der Waals surface area contributed by atoms with Crippen molar-refractivity contribution in [1.82, 2.24) is 15.0 Å². The summed E-state index contributed by atoms with van der Waals surface area (Å²) in [4.78, 5) is 20.6. The van der Waals surface area contributed by atoms with Crippen molar-refractivity contribution in [3.05, 3.63) is 89.1 Å². The number of hydrogen-bond acceptors (Lipinski definition) is 5. The third-order valence-electron chi connectivity index (χ3n) is 5.70. The Labute approximate surface area is 230 Å². The van der Waals surface area contributed by atoms with E-state index in [1.54, 1.807) is 12.4 Å². The Balaban J connectivity index is 0.000000448. The number of para-hydroxylation sites is 1. The molecule has 39 heavy (non-hydrogen) atoms. The average Bonchev–Trinajstić information content (AvgIpc) is 3.30. The second-order valence-corrected chi connectivity index (χ2v) is 9.20. The molecule has 2 aromatic carbocycles. The number of nitrogens with two attached hydrogens (primary N) is 1. The molecule has 0 aliphatic rings. The zero-order valence-corrected chi connectivity index (χ0v) is 21.6. The van der Waals surface area contributed by atoms with Crippen LogP contribution in [0.15, 0.2) is 73.2 Å². The summed E-state index contributed by atoms with van der Waals surface area (Å²) in [5.74, 6) is -2.14. The van der Waals surface area contributed by atoms with Gasteiger partial charge >= 0.3 is 12.1 Å². The first-order chi connectivity index (χ1) is 18.5. The molecule has 3 heterocycles. The number of carboxylic acids is 1. The number of hydrogen-bond donors (Lipinski definition) is 3. The summed E-state index contributed by atoms with van der Waals surface area (Å²) in [6.45, 7) is 0.362. The summed E-state index contributed by atoms with van der Waals surface area (Å²) in [7, 11) is 0. The van der Waals surface area contributed by atoms with Crippen LogP contribution in [0.3, 0.4) is 0 Å². The smallest absolute Gasteiger partial charge is 0.490 e. The number of aromatic amines is 1. The number of halogens is 5. The lowest BCUT2D eigenvalue weighted by Crippen LogP contribution is -2.30. The highest BCUT2D eigenvalue weighted by Crippen LogP contribution is 2.33. The van der Waals surface area contributed by atoms with Crippen molar-refractivity contribution in [3.8, 4) is 16.9 Å². The van der Waals surface area contributed by atoms with Crippen LogP contribution in [0.1, 0.15) is 5.56 Å². The lowest BCUT2D eigenvalue weighted by molar-refractivity contribution is -0.192. The van der Waals surface area contributed by atoms with Crippen molar-refractivity contribution < 1.29 is 27.8 Å². The van der Waals surface area contributed by atoms with Gasteiger partial charge in [-0.2, -0.15) is 13.2 Å². The molecule has 5 rings (SSSR count). The standard InChI is InChI=1S/C25H20Cl2N4O.C2HF3O2/c26-24-21-6-5-15(9-16(21)7-8-29-24)22-11-19(13-31-25(22)27)32-14-18(28)10-17-12-30-23-4-2-1-3-20(17)23;3-2(4,5)1(6)7/h1-9,11-13,18,30H,10,14,28H2;(H,6,7)/t18-;/m0./s1. The molecule has 0 spiro atoms. The molecule has 0 aliphatic heterocycles. The van der Waals surface area contributed by atoms with E-state index in [9.17, 15) is 13.2 Å². The van der Waals surface area contributed by atoms with Crippen molar-refractivity contribution in [2.45, 2.75) is 18.6 Å². The molecule has 3 aromatic heterocycles. The summed E-state index contributed by atoms with van der Waals surface area (Å²) in [5.41, 5.74) is 10.3. The lowest BCUT2D eigenvalue weighted by atomic mass is 10.0. The van der Waals surface area contributed by atoms with Crippen LogP contribution in [0, 0.1) is 0 Å². The summed E-state index contributed by atoms with van der Waals surface area (Å²) in [5, 5.41) is 11.0. The number of nitrogens with one attached hydrogen (secondary N) is 1. The van der Waals surface area contributed by atoms with E-state index in [0.29, 0.717) is 29.1 Å². The molecule has 0 aliphatic carbocycles. The number of H-pyrrole nitrogens is 1. The fraction of sp³-hybridized carbons (Fsp3) is 0.148. The van der Waals surface area contributed by atoms with Gasteiger partial charge in [0.2, 0.25) is 0 Å². The third-order valence-corrected chi connectivity index (χ3v) is 6.31. The van der Waals surface area contributed by atoms with Crippen molar-refractivity contribution in [1.29, 1.82) is 0 Å². The number of nitrogens with zero attached hydrogens (tertiary/aromatic N) is 2. The van der Waals surface area contributed by atoms with Crippen molar-refractivity contribution in [3.63, 3.8) is 0 Å².